The van der Waals surface area contributed by atoms with Crippen LogP contribution in [0.25, 0.3) is 10.9 Å². The summed E-state index contributed by atoms with van der Waals surface area (Å²) in [6.45, 7) is 1.72. The number of ether oxygens (including phenoxy) is 1. The number of benzene rings is 1. The van der Waals surface area contributed by atoms with Crippen LogP contribution in [0, 0.1) is 0 Å². The van der Waals surface area contributed by atoms with Gasteiger partial charge in [-0.3, -0.25) is 0 Å². The van der Waals surface area contributed by atoms with Crippen molar-refractivity contribution in [2.24, 2.45) is 10.9 Å². The molecule has 1 heterocycles. The smallest absolute Gasteiger partial charge is 0.180 e. The van der Waals surface area contributed by atoms with Gasteiger partial charge in [0.1, 0.15) is 5.75 Å². The molecule has 1 aromatic carbocycles. The molecule has 0 saturated heterocycles. The van der Waals surface area contributed by atoms with Gasteiger partial charge in [-0.1, -0.05) is 11.2 Å². The molecule has 16 heavy (non-hydrogen) atoms. The molecule has 1 aromatic heterocycles. The third-order valence-electron chi connectivity index (χ3n) is 2.39. The van der Waals surface area contributed by atoms with Gasteiger partial charge in [0.2, 0.25) is 0 Å². The molecule has 2 rings (SSSR count). The fourth-order valence-electron chi connectivity index (χ4n) is 1.49. The summed E-state index contributed by atoms with van der Waals surface area (Å²) in [6.07, 6.45) is 1.37. The van der Waals surface area contributed by atoms with Gasteiger partial charge in [-0.25, -0.2) is 0 Å². The van der Waals surface area contributed by atoms with E-state index in [1.165, 1.54) is 0 Å². The number of oxime groups is 1. The van der Waals surface area contributed by atoms with Crippen molar-refractivity contribution in [2.75, 3.05) is 0 Å². The lowest BCUT2D eigenvalue weighted by molar-refractivity contribution is 0.268. The van der Waals surface area contributed by atoms with Crippen LogP contribution in [-0.4, -0.2) is 22.1 Å². The molecule has 0 aliphatic carbocycles. The minimum Gasteiger partial charge on any atom is -0.482 e. The second kappa shape index (κ2) is 4.14. The molecule has 0 aliphatic rings. The largest absolute Gasteiger partial charge is 0.482 e. The van der Waals surface area contributed by atoms with Gasteiger partial charge in [0.15, 0.2) is 11.9 Å². The van der Waals surface area contributed by atoms with E-state index in [0.717, 1.165) is 10.9 Å². The van der Waals surface area contributed by atoms with Crippen molar-refractivity contribution in [3.8, 4) is 5.75 Å². The number of rotatable bonds is 3. The molecular formula is C11H13N3O2. The first-order chi connectivity index (χ1) is 7.72. The Bertz CT molecular complexity index is 519. The minimum atomic E-state index is -0.467. The minimum absolute atomic E-state index is 0.0486. The Labute approximate surface area is 92.5 Å². The normalized spacial score (nSPS) is 13.9. The number of amidine groups is 1. The maximum absolute atomic E-state index is 8.53. The van der Waals surface area contributed by atoms with Crippen LogP contribution in [0.3, 0.4) is 0 Å². The molecule has 5 nitrogen and oxygen atoms in total. The Morgan fingerprint density at radius 2 is 2.31 bits per heavy atom. The van der Waals surface area contributed by atoms with E-state index in [9.17, 15) is 0 Å². The van der Waals surface area contributed by atoms with Crippen LogP contribution < -0.4 is 10.5 Å². The monoisotopic (exact) mass is 219 g/mol. The van der Waals surface area contributed by atoms with Crippen LogP contribution in [0.15, 0.2) is 35.6 Å². The van der Waals surface area contributed by atoms with Crippen molar-refractivity contribution in [3.63, 3.8) is 0 Å². The standard InChI is InChI=1S/C11H13N3O2/c1-7(11(12)14-15)16-10-4-2-3-9-8(10)5-6-13-9/h2-7,13,15H,1H3,(H2,12,14). The number of nitrogens with two attached hydrogens (primary N) is 1. The highest BCUT2D eigenvalue weighted by molar-refractivity contribution is 5.87. The number of H-pyrrole nitrogens is 1. The summed E-state index contributed by atoms with van der Waals surface area (Å²) in [7, 11) is 0. The molecule has 84 valence electrons. The molecule has 0 spiro atoms. The van der Waals surface area contributed by atoms with Crippen LogP contribution >= 0.6 is 0 Å². The van der Waals surface area contributed by atoms with Gasteiger partial charge >= 0.3 is 0 Å². The van der Waals surface area contributed by atoms with Crippen LogP contribution in [0.5, 0.6) is 5.75 Å². The summed E-state index contributed by atoms with van der Waals surface area (Å²) in [5.74, 6) is 0.755. The quantitative estimate of drug-likeness (QED) is 0.318. The number of aromatic nitrogens is 1. The Morgan fingerprint density at radius 1 is 1.50 bits per heavy atom. The van der Waals surface area contributed by atoms with Crippen LogP contribution in [-0.2, 0) is 0 Å². The fourth-order valence-corrected chi connectivity index (χ4v) is 1.49. The molecule has 1 atom stereocenters. The van der Waals surface area contributed by atoms with Crippen molar-refractivity contribution in [1.29, 1.82) is 0 Å². The van der Waals surface area contributed by atoms with Crippen molar-refractivity contribution in [2.45, 2.75) is 13.0 Å². The molecular weight excluding hydrogens is 206 g/mol. The SMILES string of the molecule is CC(Oc1cccc2[nH]ccc12)/C(N)=N\O. The topological polar surface area (TPSA) is 83.6 Å². The zero-order chi connectivity index (χ0) is 11.5. The highest BCUT2D eigenvalue weighted by Gasteiger charge is 2.11. The summed E-state index contributed by atoms with van der Waals surface area (Å²) in [5, 5.41) is 12.4. The summed E-state index contributed by atoms with van der Waals surface area (Å²) in [6, 6.07) is 7.60. The Balaban J connectivity index is 2.30. The van der Waals surface area contributed by atoms with Crippen molar-refractivity contribution in [1.82, 2.24) is 4.98 Å². The number of hydrogen-bond acceptors (Lipinski definition) is 3. The van der Waals surface area contributed by atoms with Gasteiger partial charge in [-0.05, 0) is 25.1 Å². The fraction of sp³-hybridized carbons (Fsp3) is 0.182. The molecule has 0 radical (unpaired) electrons. The van der Waals surface area contributed by atoms with Gasteiger partial charge in [0.05, 0.1) is 0 Å². The molecule has 4 N–H and O–H groups in total. The highest BCUT2D eigenvalue weighted by Crippen LogP contribution is 2.25. The molecule has 0 fully saturated rings. The van der Waals surface area contributed by atoms with Crippen molar-refractivity contribution < 1.29 is 9.94 Å². The predicted octanol–water partition coefficient (Wildman–Crippen LogP) is 1.68. The van der Waals surface area contributed by atoms with Crippen LogP contribution in [0.2, 0.25) is 0 Å². The van der Waals surface area contributed by atoms with Crippen LogP contribution in [0.1, 0.15) is 6.92 Å². The van der Waals surface area contributed by atoms with E-state index in [1.807, 2.05) is 30.5 Å². The van der Waals surface area contributed by atoms with E-state index in [-0.39, 0.29) is 5.84 Å². The number of fused-ring (bicyclic) bond motifs is 1. The molecule has 0 saturated carbocycles. The molecule has 2 aromatic rings. The van der Waals surface area contributed by atoms with Crippen molar-refractivity contribution in [3.05, 3.63) is 30.5 Å². The third kappa shape index (κ3) is 1.79. The zero-order valence-corrected chi connectivity index (χ0v) is 8.84. The van der Waals surface area contributed by atoms with E-state index >= 15 is 0 Å². The van der Waals surface area contributed by atoms with E-state index < -0.39 is 6.10 Å². The Kier molecular flexibility index (Phi) is 2.68. The average molecular weight is 219 g/mol. The molecule has 0 aliphatic heterocycles. The first-order valence-electron chi connectivity index (χ1n) is 4.92. The van der Waals surface area contributed by atoms with E-state index in [4.69, 9.17) is 15.7 Å². The number of nitrogens with zero attached hydrogens (tertiary/aromatic N) is 1. The van der Waals surface area contributed by atoms with E-state index in [1.54, 1.807) is 6.92 Å². The maximum Gasteiger partial charge on any atom is 0.180 e. The maximum atomic E-state index is 8.53. The average Bonchev–Trinajstić information content (AvgIpc) is 2.77. The summed E-state index contributed by atoms with van der Waals surface area (Å²) in [4.78, 5) is 3.09. The van der Waals surface area contributed by atoms with Crippen molar-refractivity contribution >= 4 is 16.7 Å². The molecule has 0 amide bonds. The summed E-state index contributed by atoms with van der Waals surface area (Å²) < 4.78 is 5.60. The molecule has 0 bridgehead atoms. The molecule has 1 unspecified atom stereocenters. The number of nitrogens with one attached hydrogen (secondary N) is 1. The lowest BCUT2D eigenvalue weighted by Crippen LogP contribution is -2.31. The third-order valence-corrected chi connectivity index (χ3v) is 2.39. The van der Waals surface area contributed by atoms with E-state index in [2.05, 4.69) is 10.1 Å². The number of hydrogen-bond donors (Lipinski definition) is 3. The Morgan fingerprint density at radius 3 is 3.06 bits per heavy atom. The number of aromatic amines is 1. The molecule has 5 heteroatoms. The highest BCUT2D eigenvalue weighted by atomic mass is 16.5. The summed E-state index contributed by atoms with van der Waals surface area (Å²) in [5.41, 5.74) is 6.44. The Hall–Kier alpha value is -2.17. The van der Waals surface area contributed by atoms with E-state index in [0.29, 0.717) is 5.75 Å². The lowest BCUT2D eigenvalue weighted by atomic mass is 10.2. The first kappa shape index (κ1) is 10.4. The zero-order valence-electron chi connectivity index (χ0n) is 8.84. The lowest BCUT2D eigenvalue weighted by Gasteiger charge is -2.13. The van der Waals surface area contributed by atoms with Gasteiger partial charge in [-0.2, -0.15) is 0 Å². The second-order valence-corrected chi connectivity index (χ2v) is 3.48. The summed E-state index contributed by atoms with van der Waals surface area (Å²) >= 11 is 0. The predicted molar refractivity (Wildman–Crippen MR) is 61.8 cm³/mol. The van der Waals surface area contributed by atoms with Gasteiger partial charge < -0.3 is 20.7 Å². The first-order valence-corrected chi connectivity index (χ1v) is 4.92. The van der Waals surface area contributed by atoms with Gasteiger partial charge in [0.25, 0.3) is 0 Å². The van der Waals surface area contributed by atoms with Gasteiger partial charge in [0, 0.05) is 17.1 Å². The van der Waals surface area contributed by atoms with Gasteiger partial charge in [-0.15, -0.1) is 0 Å². The second-order valence-electron chi connectivity index (χ2n) is 3.48. The van der Waals surface area contributed by atoms with Crippen LogP contribution in [0.4, 0.5) is 0 Å².